The van der Waals surface area contributed by atoms with Crippen molar-refractivity contribution in [1.82, 2.24) is 19.8 Å². The van der Waals surface area contributed by atoms with Gasteiger partial charge in [0, 0.05) is 39.0 Å². The minimum Gasteiger partial charge on any atom is -0.481 e. The van der Waals surface area contributed by atoms with E-state index in [1.54, 1.807) is 18.1 Å². The SMILES string of the molecule is CN(Cc1nccn1C)C(=O)NC(CCC(=O)O)Cc1ccccc1. The second kappa shape index (κ2) is 8.86. The van der Waals surface area contributed by atoms with Crippen LogP contribution < -0.4 is 5.32 Å². The van der Waals surface area contributed by atoms with E-state index in [4.69, 9.17) is 5.11 Å². The van der Waals surface area contributed by atoms with Gasteiger partial charge in [0.2, 0.25) is 0 Å². The minimum absolute atomic E-state index is 0.0147. The number of benzene rings is 1. The summed E-state index contributed by atoms with van der Waals surface area (Å²) in [4.78, 5) is 29.1. The zero-order valence-electron chi connectivity index (χ0n) is 14.6. The van der Waals surface area contributed by atoms with Gasteiger partial charge in [0.15, 0.2) is 0 Å². The Balaban J connectivity index is 1.97. The van der Waals surface area contributed by atoms with E-state index in [2.05, 4.69) is 10.3 Å². The zero-order chi connectivity index (χ0) is 18.2. The molecule has 0 fully saturated rings. The molecule has 0 saturated carbocycles. The molecule has 2 amide bonds. The first-order chi connectivity index (χ1) is 12.0. The van der Waals surface area contributed by atoms with Gasteiger partial charge < -0.3 is 19.9 Å². The zero-order valence-corrected chi connectivity index (χ0v) is 14.6. The minimum atomic E-state index is -0.867. The Bertz CT molecular complexity index is 699. The van der Waals surface area contributed by atoms with Crippen LogP contribution in [-0.4, -0.2) is 44.6 Å². The van der Waals surface area contributed by atoms with Crippen molar-refractivity contribution in [1.29, 1.82) is 0 Å². The smallest absolute Gasteiger partial charge is 0.317 e. The lowest BCUT2D eigenvalue weighted by Gasteiger charge is -2.23. The Labute approximate surface area is 147 Å². The average Bonchev–Trinajstić information content (AvgIpc) is 2.98. The van der Waals surface area contributed by atoms with Crippen LogP contribution in [0.1, 0.15) is 24.2 Å². The summed E-state index contributed by atoms with van der Waals surface area (Å²) in [6.07, 6.45) is 4.50. The van der Waals surface area contributed by atoms with Crippen LogP contribution in [0.15, 0.2) is 42.7 Å². The summed E-state index contributed by atoms with van der Waals surface area (Å²) in [5.41, 5.74) is 1.06. The third kappa shape index (κ3) is 5.95. The molecule has 1 aromatic carbocycles. The van der Waals surface area contributed by atoms with Gasteiger partial charge in [-0.1, -0.05) is 30.3 Å². The van der Waals surface area contributed by atoms with E-state index in [1.165, 1.54) is 0 Å². The van der Waals surface area contributed by atoms with Crippen molar-refractivity contribution in [3.8, 4) is 0 Å². The topological polar surface area (TPSA) is 87.5 Å². The van der Waals surface area contributed by atoms with Crippen LogP contribution in [0.4, 0.5) is 4.79 Å². The van der Waals surface area contributed by atoms with Gasteiger partial charge >= 0.3 is 12.0 Å². The second-order valence-corrected chi connectivity index (χ2v) is 6.08. The molecule has 7 nitrogen and oxygen atoms in total. The van der Waals surface area contributed by atoms with Gasteiger partial charge in [0.1, 0.15) is 5.82 Å². The molecule has 7 heteroatoms. The Morgan fingerprint density at radius 2 is 2.04 bits per heavy atom. The van der Waals surface area contributed by atoms with Crippen molar-refractivity contribution in [3.63, 3.8) is 0 Å². The van der Waals surface area contributed by atoms with E-state index in [0.717, 1.165) is 11.4 Å². The fourth-order valence-electron chi connectivity index (χ4n) is 2.54. The first-order valence-electron chi connectivity index (χ1n) is 8.19. The number of urea groups is 1. The van der Waals surface area contributed by atoms with Gasteiger partial charge in [-0.25, -0.2) is 9.78 Å². The third-order valence-corrected chi connectivity index (χ3v) is 4.01. The summed E-state index contributed by atoms with van der Waals surface area (Å²) in [5, 5.41) is 11.9. The number of nitrogens with one attached hydrogen (secondary N) is 1. The molecule has 0 radical (unpaired) electrons. The molecule has 0 bridgehead atoms. The molecule has 134 valence electrons. The van der Waals surface area contributed by atoms with E-state index in [0.29, 0.717) is 19.4 Å². The van der Waals surface area contributed by atoms with Crippen molar-refractivity contribution in [3.05, 3.63) is 54.1 Å². The number of hydrogen-bond donors (Lipinski definition) is 2. The van der Waals surface area contributed by atoms with Crippen LogP contribution in [0.5, 0.6) is 0 Å². The maximum Gasteiger partial charge on any atom is 0.317 e. The van der Waals surface area contributed by atoms with Crippen molar-refractivity contribution < 1.29 is 14.7 Å². The van der Waals surface area contributed by atoms with Crippen LogP contribution >= 0.6 is 0 Å². The van der Waals surface area contributed by atoms with Crippen molar-refractivity contribution in [2.75, 3.05) is 7.05 Å². The van der Waals surface area contributed by atoms with Crippen LogP contribution in [0.25, 0.3) is 0 Å². The van der Waals surface area contributed by atoms with E-state index < -0.39 is 5.97 Å². The van der Waals surface area contributed by atoms with E-state index >= 15 is 0 Å². The molecular formula is C18H24N4O3. The van der Waals surface area contributed by atoms with Gasteiger partial charge in [0.05, 0.1) is 6.54 Å². The Morgan fingerprint density at radius 3 is 2.64 bits per heavy atom. The van der Waals surface area contributed by atoms with E-state index in [-0.39, 0.29) is 18.5 Å². The summed E-state index contributed by atoms with van der Waals surface area (Å²) in [6, 6.07) is 9.24. The number of aromatic nitrogens is 2. The molecule has 0 aliphatic carbocycles. The fraction of sp³-hybridized carbons (Fsp3) is 0.389. The van der Waals surface area contributed by atoms with E-state index in [1.807, 2.05) is 48.1 Å². The number of hydrogen-bond acceptors (Lipinski definition) is 3. The third-order valence-electron chi connectivity index (χ3n) is 4.01. The number of carbonyl (C=O) groups is 2. The first kappa shape index (κ1) is 18.5. The quantitative estimate of drug-likeness (QED) is 0.767. The fourth-order valence-corrected chi connectivity index (χ4v) is 2.54. The van der Waals surface area contributed by atoms with Crippen LogP contribution in [0, 0.1) is 0 Å². The summed E-state index contributed by atoms with van der Waals surface area (Å²) < 4.78 is 1.86. The number of carbonyl (C=O) groups excluding carboxylic acids is 1. The van der Waals surface area contributed by atoms with Crippen molar-refractivity contribution in [2.45, 2.75) is 31.8 Å². The molecule has 2 aromatic rings. The molecule has 1 aromatic heterocycles. The van der Waals surface area contributed by atoms with Gasteiger partial charge in [-0.05, 0) is 18.4 Å². The molecule has 0 aliphatic rings. The number of amides is 2. The lowest BCUT2D eigenvalue weighted by atomic mass is 10.0. The standard InChI is InChI=1S/C18H24N4O3/c1-21-11-10-19-16(21)13-22(2)18(25)20-15(8-9-17(23)24)12-14-6-4-3-5-7-14/h3-7,10-11,15H,8-9,12-13H2,1-2H3,(H,20,25)(H,23,24). The molecule has 0 saturated heterocycles. The highest BCUT2D eigenvalue weighted by Gasteiger charge is 2.18. The van der Waals surface area contributed by atoms with Gasteiger partial charge in [-0.15, -0.1) is 0 Å². The van der Waals surface area contributed by atoms with Crippen molar-refractivity contribution >= 4 is 12.0 Å². The highest BCUT2D eigenvalue weighted by molar-refractivity contribution is 5.74. The van der Waals surface area contributed by atoms with Crippen LogP contribution in [-0.2, 0) is 24.8 Å². The molecular weight excluding hydrogens is 320 g/mol. The largest absolute Gasteiger partial charge is 0.481 e. The number of carboxylic acid groups (broad SMARTS) is 1. The number of aryl methyl sites for hydroxylation is 1. The van der Waals surface area contributed by atoms with Crippen molar-refractivity contribution in [2.24, 2.45) is 7.05 Å². The normalized spacial score (nSPS) is 11.8. The summed E-state index contributed by atoms with van der Waals surface area (Å²) >= 11 is 0. The lowest BCUT2D eigenvalue weighted by molar-refractivity contribution is -0.137. The summed E-state index contributed by atoms with van der Waals surface area (Å²) in [7, 11) is 3.57. The van der Waals surface area contributed by atoms with Gasteiger partial charge in [-0.2, -0.15) is 0 Å². The van der Waals surface area contributed by atoms with Crippen LogP contribution in [0.3, 0.4) is 0 Å². The maximum atomic E-state index is 12.5. The molecule has 2 rings (SSSR count). The summed E-state index contributed by atoms with van der Waals surface area (Å²) in [5.74, 6) is -0.0866. The second-order valence-electron chi connectivity index (χ2n) is 6.08. The predicted molar refractivity (Wildman–Crippen MR) is 94.0 cm³/mol. The van der Waals surface area contributed by atoms with E-state index in [9.17, 15) is 9.59 Å². The predicted octanol–water partition coefficient (Wildman–Crippen LogP) is 2.04. The molecule has 0 spiro atoms. The molecule has 0 aliphatic heterocycles. The maximum absolute atomic E-state index is 12.5. The Kier molecular flexibility index (Phi) is 6.56. The molecule has 2 N–H and O–H groups in total. The monoisotopic (exact) mass is 344 g/mol. The molecule has 1 heterocycles. The first-order valence-corrected chi connectivity index (χ1v) is 8.19. The van der Waals surface area contributed by atoms with Crippen LogP contribution in [0.2, 0.25) is 0 Å². The van der Waals surface area contributed by atoms with Gasteiger partial charge in [-0.3, -0.25) is 4.79 Å². The number of imidazole rings is 1. The molecule has 1 unspecified atom stereocenters. The number of carboxylic acids is 1. The number of nitrogens with zero attached hydrogens (tertiary/aromatic N) is 3. The molecule has 25 heavy (non-hydrogen) atoms. The lowest BCUT2D eigenvalue weighted by Crippen LogP contribution is -2.44. The summed E-state index contributed by atoms with van der Waals surface area (Å²) in [6.45, 7) is 0.381. The Morgan fingerprint density at radius 1 is 1.32 bits per heavy atom. The highest BCUT2D eigenvalue weighted by atomic mass is 16.4. The number of aliphatic carboxylic acids is 1. The number of rotatable bonds is 8. The van der Waals surface area contributed by atoms with Gasteiger partial charge in [0.25, 0.3) is 0 Å². The highest BCUT2D eigenvalue weighted by Crippen LogP contribution is 2.09. The molecule has 1 atom stereocenters. The Hall–Kier alpha value is -2.83. The average molecular weight is 344 g/mol.